The van der Waals surface area contributed by atoms with Gasteiger partial charge in [0.15, 0.2) is 7.11 Å². The van der Waals surface area contributed by atoms with Crippen LogP contribution >= 0.6 is 0 Å². The lowest BCUT2D eigenvalue weighted by Gasteiger charge is -2.08. The zero-order valence-electron chi connectivity index (χ0n) is 9.54. The van der Waals surface area contributed by atoms with Crippen LogP contribution in [0, 0.1) is 4.91 Å². The van der Waals surface area contributed by atoms with Gasteiger partial charge >= 0.3 is 5.69 Å². The van der Waals surface area contributed by atoms with Crippen LogP contribution in [0.2, 0.25) is 0 Å². The molecule has 0 radical (unpaired) electrons. The molecule has 6 heteroatoms. The van der Waals surface area contributed by atoms with Crippen LogP contribution < -0.4 is 0 Å². The van der Waals surface area contributed by atoms with E-state index < -0.39 is 11.0 Å². The van der Waals surface area contributed by atoms with Crippen molar-refractivity contribution < 1.29 is 14.0 Å². The molecule has 0 heterocycles. The first-order valence-electron chi connectivity index (χ1n) is 4.70. The highest BCUT2D eigenvalue weighted by atomic mass is 32.2. The predicted molar refractivity (Wildman–Crippen MR) is 62.3 cm³/mol. The van der Waals surface area contributed by atoms with Crippen molar-refractivity contribution in [2.24, 2.45) is 0 Å². The molecule has 1 rings (SSSR count). The average Bonchev–Trinajstić information content (AvgIpc) is 2.28. The van der Waals surface area contributed by atoms with Gasteiger partial charge in [-0.2, -0.15) is 0 Å². The van der Waals surface area contributed by atoms with Crippen molar-refractivity contribution in [2.75, 3.05) is 21.2 Å². The fraction of sp³-hybridized carbons (Fsp3) is 0.400. The molecule has 5 nitrogen and oxygen atoms in total. The highest BCUT2D eigenvalue weighted by Crippen LogP contribution is 2.15. The van der Waals surface area contributed by atoms with E-state index in [1.54, 1.807) is 36.6 Å². The Morgan fingerprint density at radius 3 is 2.69 bits per heavy atom. The molecule has 0 bridgehead atoms. The van der Waals surface area contributed by atoms with E-state index in [2.05, 4.69) is 4.84 Å². The van der Waals surface area contributed by atoms with Gasteiger partial charge in [-0.15, -0.1) is 0 Å². The van der Waals surface area contributed by atoms with Crippen molar-refractivity contribution in [1.82, 2.24) is 4.31 Å². The van der Waals surface area contributed by atoms with E-state index in [1.165, 1.54) is 7.11 Å². The quantitative estimate of drug-likeness (QED) is 0.734. The second-order valence-electron chi connectivity index (χ2n) is 3.39. The summed E-state index contributed by atoms with van der Waals surface area (Å²) in [5.41, 5.74) is 1.23. The molecule has 0 saturated carbocycles. The second kappa shape index (κ2) is 5.72. The monoisotopic (exact) mass is 243 g/mol. The van der Waals surface area contributed by atoms with Crippen LogP contribution in [0.15, 0.2) is 24.3 Å². The summed E-state index contributed by atoms with van der Waals surface area (Å²) in [4.78, 5) is 16.1. The molecule has 1 atom stereocenters. The molecule has 1 unspecified atom stereocenters. The van der Waals surface area contributed by atoms with Crippen LogP contribution in [0.4, 0.5) is 5.69 Å². The van der Waals surface area contributed by atoms with Gasteiger partial charge in [0.25, 0.3) is 4.92 Å². The number of rotatable bonds is 5. The minimum Gasteiger partial charge on any atom is -0.242 e. The summed E-state index contributed by atoms with van der Waals surface area (Å²) in [7, 11) is 3.72. The van der Waals surface area contributed by atoms with Crippen molar-refractivity contribution in [3.8, 4) is 0 Å². The molecule has 1 aromatic rings. The van der Waals surface area contributed by atoms with E-state index in [4.69, 9.17) is 0 Å². The molecular weight excluding hydrogens is 228 g/mol. The molecular formula is C10H15N2O3S+. The maximum absolute atomic E-state index is 11.6. The first-order valence-corrected chi connectivity index (χ1v) is 5.98. The van der Waals surface area contributed by atoms with Crippen molar-refractivity contribution in [3.05, 3.63) is 34.7 Å². The van der Waals surface area contributed by atoms with Crippen LogP contribution in [-0.4, -0.2) is 34.6 Å². The Hall–Kier alpha value is -1.27. The summed E-state index contributed by atoms with van der Waals surface area (Å²) in [6.07, 6.45) is 0. The third-order valence-corrected chi connectivity index (χ3v) is 3.38. The Bertz CT molecular complexity index is 407. The zero-order chi connectivity index (χ0) is 12.1. The third-order valence-electron chi connectivity index (χ3n) is 1.98. The standard InChI is InChI=1S/C10H15N2O3S/c1-11(2)16(14)8-9-5-4-6-10(7-9)12(13)15-3/h4-7H,8H2,1-3H3/q+1. The molecule has 0 saturated heterocycles. The summed E-state index contributed by atoms with van der Waals surface area (Å²) in [5, 5.41) is 0. The number of hydrogen-bond donors (Lipinski definition) is 0. The highest BCUT2D eigenvalue weighted by molar-refractivity contribution is 7.81. The van der Waals surface area contributed by atoms with Crippen LogP contribution in [0.1, 0.15) is 5.56 Å². The Morgan fingerprint density at radius 2 is 2.12 bits per heavy atom. The molecule has 0 aliphatic rings. The first-order chi connectivity index (χ1) is 7.54. The molecule has 0 fully saturated rings. The van der Waals surface area contributed by atoms with E-state index >= 15 is 0 Å². The van der Waals surface area contributed by atoms with Crippen molar-refractivity contribution in [1.29, 1.82) is 0 Å². The summed E-state index contributed by atoms with van der Waals surface area (Å²) in [6, 6.07) is 6.87. The van der Waals surface area contributed by atoms with Crippen LogP contribution in [0.5, 0.6) is 0 Å². The van der Waals surface area contributed by atoms with Gasteiger partial charge in [0.1, 0.15) is 0 Å². The van der Waals surface area contributed by atoms with Crippen LogP contribution in [0.25, 0.3) is 0 Å². The lowest BCUT2D eigenvalue weighted by Crippen LogP contribution is -2.16. The first kappa shape index (κ1) is 12.8. The van der Waals surface area contributed by atoms with Gasteiger partial charge in [-0.3, -0.25) is 0 Å². The molecule has 0 N–H and O–H groups in total. The molecule has 0 amide bonds. The normalized spacial score (nSPS) is 12.5. The summed E-state index contributed by atoms with van der Waals surface area (Å²) in [6.45, 7) is 0. The van der Waals surface area contributed by atoms with Gasteiger partial charge < -0.3 is 0 Å². The second-order valence-corrected chi connectivity index (χ2v) is 5.05. The molecule has 0 aliphatic carbocycles. The lowest BCUT2D eigenvalue weighted by atomic mass is 10.2. The zero-order valence-corrected chi connectivity index (χ0v) is 10.4. The topological polar surface area (TPSA) is 49.6 Å². The molecule has 0 aromatic heterocycles. The Morgan fingerprint density at radius 1 is 1.44 bits per heavy atom. The molecule has 0 aliphatic heterocycles. The maximum atomic E-state index is 11.6. The van der Waals surface area contributed by atoms with Gasteiger partial charge in [0.2, 0.25) is 0 Å². The maximum Gasteiger partial charge on any atom is 0.317 e. The molecule has 1 aromatic carbocycles. The van der Waals surface area contributed by atoms with Crippen molar-refractivity contribution in [2.45, 2.75) is 5.75 Å². The van der Waals surface area contributed by atoms with Crippen LogP contribution in [0.3, 0.4) is 0 Å². The minimum atomic E-state index is -1.07. The van der Waals surface area contributed by atoms with E-state index in [1.807, 2.05) is 6.07 Å². The van der Waals surface area contributed by atoms with E-state index in [0.29, 0.717) is 16.4 Å². The number of nitrogens with zero attached hydrogens (tertiary/aromatic N) is 2. The summed E-state index contributed by atoms with van der Waals surface area (Å²) in [5.74, 6) is 0.387. The highest BCUT2D eigenvalue weighted by Gasteiger charge is 2.15. The summed E-state index contributed by atoms with van der Waals surface area (Å²) < 4.78 is 13.2. The Kier molecular flexibility index (Phi) is 4.57. The number of hydrogen-bond acceptors (Lipinski definition) is 3. The fourth-order valence-corrected chi connectivity index (χ4v) is 1.86. The van der Waals surface area contributed by atoms with Gasteiger partial charge in [-0.25, -0.2) is 13.4 Å². The van der Waals surface area contributed by atoms with Gasteiger partial charge in [0, 0.05) is 12.1 Å². The van der Waals surface area contributed by atoms with Crippen molar-refractivity contribution >= 4 is 16.7 Å². The van der Waals surface area contributed by atoms with Crippen molar-refractivity contribution in [3.63, 3.8) is 0 Å². The van der Waals surface area contributed by atoms with E-state index in [0.717, 1.165) is 5.56 Å². The Balaban J connectivity index is 2.83. The molecule has 16 heavy (non-hydrogen) atoms. The fourth-order valence-electron chi connectivity index (χ4n) is 1.14. The van der Waals surface area contributed by atoms with E-state index in [9.17, 15) is 9.12 Å². The van der Waals surface area contributed by atoms with Crippen LogP contribution in [-0.2, 0) is 21.6 Å². The Labute approximate surface area is 97.1 Å². The average molecular weight is 243 g/mol. The summed E-state index contributed by atoms with van der Waals surface area (Å²) >= 11 is 0. The van der Waals surface area contributed by atoms with Gasteiger partial charge in [-0.05, 0) is 19.7 Å². The molecule has 0 spiro atoms. The smallest absolute Gasteiger partial charge is 0.242 e. The molecule has 88 valence electrons. The largest absolute Gasteiger partial charge is 0.317 e. The third kappa shape index (κ3) is 3.39. The lowest BCUT2D eigenvalue weighted by molar-refractivity contribution is -0.736. The SMILES string of the molecule is CO[N+](=O)c1cccc(CS(=O)N(C)C)c1. The predicted octanol–water partition coefficient (Wildman–Crippen LogP) is 1.38. The van der Waals surface area contributed by atoms with Gasteiger partial charge in [-0.1, -0.05) is 12.1 Å². The van der Waals surface area contributed by atoms with Gasteiger partial charge in [0.05, 0.1) is 21.6 Å². The minimum absolute atomic E-state index is 0.387. The number of benzene rings is 1. The van der Waals surface area contributed by atoms with E-state index in [-0.39, 0.29) is 0 Å².